The first-order valence-electron chi connectivity index (χ1n) is 4.78. The van der Waals surface area contributed by atoms with Crippen molar-refractivity contribution in [1.82, 2.24) is 20.4 Å². The summed E-state index contributed by atoms with van der Waals surface area (Å²) in [6, 6.07) is -0.314. The minimum Gasteiger partial charge on any atom is -0.353 e. The molecule has 1 aliphatic heterocycles. The van der Waals surface area contributed by atoms with Crippen LogP contribution in [0.15, 0.2) is 0 Å². The van der Waals surface area contributed by atoms with Gasteiger partial charge in [-0.1, -0.05) is 11.3 Å². The van der Waals surface area contributed by atoms with E-state index in [1.54, 1.807) is 0 Å². The van der Waals surface area contributed by atoms with Crippen molar-refractivity contribution < 1.29 is 9.59 Å². The topological polar surface area (TPSA) is 87.2 Å². The normalized spacial score (nSPS) is 15.8. The zero-order valence-corrected chi connectivity index (χ0v) is 9.50. The van der Waals surface area contributed by atoms with Crippen molar-refractivity contribution in [2.24, 2.45) is 0 Å². The minimum atomic E-state index is -0.314. The SMILES string of the molecule is Cc1nnc(NC(=O)N2CCNC(=O)C2)s1. The quantitative estimate of drug-likeness (QED) is 0.713. The zero-order valence-electron chi connectivity index (χ0n) is 8.69. The van der Waals surface area contributed by atoms with Crippen LogP contribution in [0.1, 0.15) is 5.01 Å². The number of anilines is 1. The van der Waals surface area contributed by atoms with Gasteiger partial charge in [-0.2, -0.15) is 0 Å². The Balaban J connectivity index is 1.94. The number of carbonyl (C=O) groups excluding carboxylic acids is 2. The van der Waals surface area contributed by atoms with E-state index in [4.69, 9.17) is 0 Å². The third-order valence-corrected chi connectivity index (χ3v) is 2.82. The maximum atomic E-state index is 11.7. The van der Waals surface area contributed by atoms with Gasteiger partial charge in [-0.05, 0) is 6.92 Å². The van der Waals surface area contributed by atoms with Crippen molar-refractivity contribution in [3.63, 3.8) is 0 Å². The second-order valence-electron chi connectivity index (χ2n) is 3.33. The minimum absolute atomic E-state index is 0.0869. The van der Waals surface area contributed by atoms with Crippen molar-refractivity contribution in [1.29, 1.82) is 0 Å². The van der Waals surface area contributed by atoms with Crippen LogP contribution in [0.3, 0.4) is 0 Å². The largest absolute Gasteiger partial charge is 0.353 e. The summed E-state index contributed by atoms with van der Waals surface area (Å²) in [6.07, 6.45) is 0. The molecular formula is C8H11N5O2S. The molecule has 0 bridgehead atoms. The molecule has 1 aliphatic rings. The number of carbonyl (C=O) groups is 2. The number of aryl methyl sites for hydroxylation is 1. The molecule has 2 N–H and O–H groups in total. The van der Waals surface area contributed by atoms with E-state index in [9.17, 15) is 9.59 Å². The maximum Gasteiger partial charge on any atom is 0.324 e. The lowest BCUT2D eigenvalue weighted by Gasteiger charge is -2.26. The van der Waals surface area contributed by atoms with Gasteiger partial charge in [0.1, 0.15) is 11.6 Å². The van der Waals surface area contributed by atoms with E-state index in [0.29, 0.717) is 18.2 Å². The first-order chi connectivity index (χ1) is 7.65. The molecule has 7 nitrogen and oxygen atoms in total. The summed E-state index contributed by atoms with van der Waals surface area (Å²) in [5.41, 5.74) is 0. The Morgan fingerprint density at radius 1 is 1.56 bits per heavy atom. The van der Waals surface area contributed by atoms with Gasteiger partial charge in [0.2, 0.25) is 11.0 Å². The average Bonchev–Trinajstić information content (AvgIpc) is 2.64. The van der Waals surface area contributed by atoms with Crippen LogP contribution < -0.4 is 10.6 Å². The molecule has 1 saturated heterocycles. The number of nitrogens with zero attached hydrogens (tertiary/aromatic N) is 3. The van der Waals surface area contributed by atoms with Crippen LogP contribution >= 0.6 is 11.3 Å². The second-order valence-corrected chi connectivity index (χ2v) is 4.51. The van der Waals surface area contributed by atoms with Gasteiger partial charge in [0, 0.05) is 13.1 Å². The number of amides is 3. The molecule has 0 unspecified atom stereocenters. The van der Waals surface area contributed by atoms with Crippen molar-refractivity contribution in [2.75, 3.05) is 25.0 Å². The number of hydrogen-bond donors (Lipinski definition) is 2. The van der Waals surface area contributed by atoms with Gasteiger partial charge in [0.25, 0.3) is 0 Å². The van der Waals surface area contributed by atoms with Crippen LogP contribution in [0, 0.1) is 6.92 Å². The van der Waals surface area contributed by atoms with E-state index in [1.807, 2.05) is 6.92 Å². The van der Waals surface area contributed by atoms with Crippen LogP contribution in [0.2, 0.25) is 0 Å². The Labute approximate surface area is 95.8 Å². The summed E-state index contributed by atoms with van der Waals surface area (Å²) in [4.78, 5) is 24.2. The van der Waals surface area contributed by atoms with Gasteiger partial charge < -0.3 is 10.2 Å². The zero-order chi connectivity index (χ0) is 11.5. The number of nitrogens with one attached hydrogen (secondary N) is 2. The first kappa shape index (κ1) is 10.8. The van der Waals surface area contributed by atoms with E-state index < -0.39 is 0 Å². The Morgan fingerprint density at radius 2 is 2.38 bits per heavy atom. The lowest BCUT2D eigenvalue weighted by atomic mass is 10.4. The number of urea groups is 1. The molecule has 1 aromatic heterocycles. The van der Waals surface area contributed by atoms with E-state index in [0.717, 1.165) is 5.01 Å². The first-order valence-corrected chi connectivity index (χ1v) is 5.59. The van der Waals surface area contributed by atoms with Crippen LogP contribution in [0.4, 0.5) is 9.93 Å². The fourth-order valence-electron chi connectivity index (χ4n) is 1.33. The smallest absolute Gasteiger partial charge is 0.324 e. The summed E-state index contributed by atoms with van der Waals surface area (Å²) < 4.78 is 0. The van der Waals surface area contributed by atoms with Gasteiger partial charge >= 0.3 is 6.03 Å². The molecule has 2 heterocycles. The summed E-state index contributed by atoms with van der Waals surface area (Å²) in [7, 11) is 0. The number of hydrogen-bond acceptors (Lipinski definition) is 5. The summed E-state index contributed by atoms with van der Waals surface area (Å²) >= 11 is 1.30. The van der Waals surface area contributed by atoms with Gasteiger partial charge in [0.15, 0.2) is 0 Å². The summed E-state index contributed by atoms with van der Waals surface area (Å²) in [6.45, 7) is 2.89. The summed E-state index contributed by atoms with van der Waals surface area (Å²) in [5, 5.41) is 14.1. The molecule has 0 aliphatic carbocycles. The van der Waals surface area contributed by atoms with E-state index in [-0.39, 0.29) is 18.5 Å². The molecule has 8 heteroatoms. The molecule has 0 aromatic carbocycles. The Bertz CT molecular complexity index is 418. The molecule has 16 heavy (non-hydrogen) atoms. The monoisotopic (exact) mass is 241 g/mol. The molecule has 0 radical (unpaired) electrons. The Morgan fingerprint density at radius 3 is 3.00 bits per heavy atom. The third-order valence-electron chi connectivity index (χ3n) is 2.07. The van der Waals surface area contributed by atoms with E-state index >= 15 is 0 Å². The van der Waals surface area contributed by atoms with Crippen LogP contribution in [0.5, 0.6) is 0 Å². The molecule has 2 rings (SSSR count). The van der Waals surface area contributed by atoms with E-state index in [1.165, 1.54) is 16.2 Å². The predicted molar refractivity (Wildman–Crippen MR) is 58.2 cm³/mol. The standard InChI is InChI=1S/C8H11N5O2S/c1-5-11-12-7(16-5)10-8(15)13-3-2-9-6(14)4-13/h2-4H2,1H3,(H,9,14)(H,10,12,15). The molecule has 1 aromatic rings. The Kier molecular flexibility index (Phi) is 3.00. The molecule has 1 fully saturated rings. The van der Waals surface area contributed by atoms with Gasteiger partial charge in [0.05, 0.1) is 0 Å². The maximum absolute atomic E-state index is 11.7. The molecule has 0 atom stereocenters. The highest BCUT2D eigenvalue weighted by Crippen LogP contribution is 2.14. The number of rotatable bonds is 1. The molecule has 0 saturated carbocycles. The van der Waals surface area contributed by atoms with Gasteiger partial charge in [-0.15, -0.1) is 10.2 Å². The average molecular weight is 241 g/mol. The second kappa shape index (κ2) is 4.44. The van der Waals surface area contributed by atoms with Crippen LogP contribution in [0.25, 0.3) is 0 Å². The summed E-state index contributed by atoms with van der Waals surface area (Å²) in [5.74, 6) is -0.144. The van der Waals surface area contributed by atoms with Crippen molar-refractivity contribution >= 4 is 28.4 Å². The van der Waals surface area contributed by atoms with Crippen molar-refractivity contribution in [2.45, 2.75) is 6.92 Å². The fraction of sp³-hybridized carbons (Fsp3) is 0.500. The molecule has 3 amide bonds. The van der Waals surface area contributed by atoms with Crippen molar-refractivity contribution in [3.8, 4) is 0 Å². The number of aromatic nitrogens is 2. The lowest BCUT2D eigenvalue weighted by Crippen LogP contribution is -2.51. The molecule has 86 valence electrons. The molecule has 0 spiro atoms. The van der Waals surface area contributed by atoms with Gasteiger partial charge in [-0.3, -0.25) is 10.1 Å². The highest BCUT2D eigenvalue weighted by atomic mass is 32.1. The predicted octanol–water partition coefficient (Wildman–Crippen LogP) is -0.190. The third kappa shape index (κ3) is 2.45. The van der Waals surface area contributed by atoms with E-state index in [2.05, 4.69) is 20.8 Å². The highest BCUT2D eigenvalue weighted by molar-refractivity contribution is 7.15. The van der Waals surface area contributed by atoms with Crippen LogP contribution in [-0.2, 0) is 4.79 Å². The fourth-order valence-corrected chi connectivity index (χ4v) is 1.91. The van der Waals surface area contributed by atoms with Crippen LogP contribution in [-0.4, -0.2) is 46.7 Å². The highest BCUT2D eigenvalue weighted by Gasteiger charge is 2.21. The lowest BCUT2D eigenvalue weighted by molar-refractivity contribution is -0.123. The Hall–Kier alpha value is -1.70. The number of piperazine rings is 1. The van der Waals surface area contributed by atoms with Gasteiger partial charge in [-0.25, -0.2) is 4.79 Å². The molecular weight excluding hydrogens is 230 g/mol. The van der Waals surface area contributed by atoms with Crippen molar-refractivity contribution in [3.05, 3.63) is 5.01 Å².